The molecule has 196 valence electrons. The lowest BCUT2D eigenvalue weighted by atomic mass is 9.91. The number of rotatable bonds is 8. The summed E-state index contributed by atoms with van der Waals surface area (Å²) in [6, 6.07) is 16.2. The van der Waals surface area contributed by atoms with Gasteiger partial charge < -0.3 is 9.64 Å². The average molecular weight is 518 g/mol. The maximum atomic E-state index is 14.0. The summed E-state index contributed by atoms with van der Waals surface area (Å²) in [5, 5.41) is 4.58. The summed E-state index contributed by atoms with van der Waals surface area (Å²) in [4.78, 5) is 24.2. The lowest BCUT2D eigenvalue weighted by Crippen LogP contribution is -2.40. The normalized spacial score (nSPS) is 14.0. The van der Waals surface area contributed by atoms with Crippen molar-refractivity contribution in [3.63, 3.8) is 0 Å². The Kier molecular flexibility index (Phi) is 7.72. The number of aryl methyl sites for hydroxylation is 1. The molecule has 0 atom stereocenters. The third-order valence-corrected chi connectivity index (χ3v) is 6.97. The van der Waals surface area contributed by atoms with Gasteiger partial charge in [-0.15, -0.1) is 5.10 Å². The van der Waals surface area contributed by atoms with Gasteiger partial charge in [0, 0.05) is 36.1 Å². The van der Waals surface area contributed by atoms with E-state index in [9.17, 15) is 13.6 Å². The molecule has 0 bridgehead atoms. The van der Waals surface area contributed by atoms with Crippen molar-refractivity contribution >= 4 is 5.91 Å². The van der Waals surface area contributed by atoms with Crippen LogP contribution in [0.25, 0.3) is 22.8 Å². The molecule has 0 aliphatic carbocycles. The molecule has 0 N–H and O–H groups in total. The predicted molar refractivity (Wildman–Crippen MR) is 139 cm³/mol. The summed E-state index contributed by atoms with van der Waals surface area (Å²) in [7, 11) is 1.39. The molecule has 1 amide bonds. The number of ether oxygens (including phenoxy) is 1. The summed E-state index contributed by atoms with van der Waals surface area (Å²) in [5.41, 5.74) is 2.27. The highest BCUT2D eigenvalue weighted by Gasteiger charge is 2.25. The molecule has 4 aromatic rings. The molecule has 0 radical (unpaired) electrons. The van der Waals surface area contributed by atoms with Gasteiger partial charge >= 0.3 is 0 Å². The Bertz CT molecular complexity index is 1380. The first-order valence-electron chi connectivity index (χ1n) is 12.7. The number of nitrogens with zero attached hydrogens (tertiary/aromatic N) is 5. The van der Waals surface area contributed by atoms with E-state index in [2.05, 4.69) is 15.1 Å². The number of piperidine rings is 1. The van der Waals surface area contributed by atoms with Crippen molar-refractivity contribution < 1.29 is 18.3 Å². The topological polar surface area (TPSA) is 73.1 Å². The van der Waals surface area contributed by atoms with E-state index in [1.807, 2.05) is 29.3 Å². The zero-order valence-corrected chi connectivity index (χ0v) is 21.2. The maximum absolute atomic E-state index is 14.0. The number of likely N-dealkylation sites (tertiary alicyclic amines) is 1. The highest BCUT2D eigenvalue weighted by Crippen LogP contribution is 2.28. The van der Waals surface area contributed by atoms with E-state index in [1.54, 1.807) is 18.2 Å². The lowest BCUT2D eigenvalue weighted by molar-refractivity contribution is -0.133. The van der Waals surface area contributed by atoms with Crippen LogP contribution in [0.2, 0.25) is 0 Å². The number of benzene rings is 2. The number of methoxy groups -OCH3 is 1. The Morgan fingerprint density at radius 2 is 1.79 bits per heavy atom. The number of amides is 1. The van der Waals surface area contributed by atoms with Crippen LogP contribution in [0.15, 0.2) is 66.9 Å². The summed E-state index contributed by atoms with van der Waals surface area (Å²) < 4.78 is 34.2. The Morgan fingerprint density at radius 1 is 1.03 bits per heavy atom. The first-order chi connectivity index (χ1) is 18.5. The van der Waals surface area contributed by atoms with Crippen molar-refractivity contribution in [2.75, 3.05) is 20.2 Å². The molecule has 3 heterocycles. The van der Waals surface area contributed by atoms with Gasteiger partial charge in [0.15, 0.2) is 23.2 Å². The van der Waals surface area contributed by atoms with Crippen molar-refractivity contribution in [3.8, 4) is 28.5 Å². The standard InChI is InChI=1S/C29H29F2N5O2/c1-38-26-18-22(8-12-25(26)31)28-33-29(21-6-9-23(30)10-7-21)36(34-28)19-27(37)35-16-13-20(14-17-35)5-11-24-4-2-3-15-32-24/h2-4,6-10,12,15,18,20H,5,11,13-14,16-17,19H2,1H3. The van der Waals surface area contributed by atoms with Crippen molar-refractivity contribution in [2.45, 2.75) is 32.2 Å². The van der Waals surface area contributed by atoms with Crippen molar-refractivity contribution in [1.29, 1.82) is 0 Å². The van der Waals surface area contributed by atoms with E-state index in [4.69, 9.17) is 4.74 Å². The number of hydrogen-bond acceptors (Lipinski definition) is 5. The van der Waals surface area contributed by atoms with Crippen molar-refractivity contribution in [3.05, 3.63) is 84.2 Å². The fraction of sp³-hybridized carbons (Fsp3) is 0.310. The first-order valence-corrected chi connectivity index (χ1v) is 12.7. The third kappa shape index (κ3) is 5.88. The second-order valence-electron chi connectivity index (χ2n) is 9.46. The summed E-state index contributed by atoms with van der Waals surface area (Å²) in [6.07, 6.45) is 5.71. The van der Waals surface area contributed by atoms with Gasteiger partial charge in [-0.1, -0.05) is 6.07 Å². The molecule has 38 heavy (non-hydrogen) atoms. The average Bonchev–Trinajstić information content (AvgIpc) is 3.37. The second kappa shape index (κ2) is 11.5. The van der Waals surface area contributed by atoms with Crippen LogP contribution in [0.3, 0.4) is 0 Å². The van der Waals surface area contributed by atoms with Crippen molar-refractivity contribution in [1.82, 2.24) is 24.6 Å². The van der Waals surface area contributed by atoms with E-state index in [0.29, 0.717) is 41.8 Å². The zero-order chi connectivity index (χ0) is 26.5. The van der Waals surface area contributed by atoms with Gasteiger partial charge in [0.25, 0.3) is 0 Å². The predicted octanol–water partition coefficient (Wildman–Crippen LogP) is 5.17. The quantitative estimate of drug-likeness (QED) is 0.323. The van der Waals surface area contributed by atoms with Crippen LogP contribution < -0.4 is 4.74 Å². The van der Waals surface area contributed by atoms with Crippen LogP contribution in [-0.4, -0.2) is 50.8 Å². The fourth-order valence-electron chi connectivity index (χ4n) is 4.78. The number of pyridine rings is 1. The van der Waals surface area contributed by atoms with Gasteiger partial charge in [0.2, 0.25) is 5.91 Å². The lowest BCUT2D eigenvalue weighted by Gasteiger charge is -2.32. The van der Waals surface area contributed by atoms with Gasteiger partial charge in [-0.05, 0) is 86.2 Å². The molecule has 1 aliphatic rings. The van der Waals surface area contributed by atoms with E-state index < -0.39 is 5.82 Å². The Hall–Kier alpha value is -4.14. The first kappa shape index (κ1) is 25.5. The van der Waals surface area contributed by atoms with E-state index in [0.717, 1.165) is 31.4 Å². The largest absolute Gasteiger partial charge is 0.494 e. The Labute approximate surface area is 220 Å². The number of aromatic nitrogens is 4. The highest BCUT2D eigenvalue weighted by molar-refractivity contribution is 5.77. The fourth-order valence-corrected chi connectivity index (χ4v) is 4.78. The van der Waals surface area contributed by atoms with Crippen molar-refractivity contribution in [2.24, 2.45) is 5.92 Å². The van der Waals surface area contributed by atoms with Crippen LogP contribution in [0.4, 0.5) is 8.78 Å². The number of carbonyl (C=O) groups is 1. The summed E-state index contributed by atoms with van der Waals surface area (Å²) in [5.74, 6) is 0.472. The second-order valence-corrected chi connectivity index (χ2v) is 9.46. The van der Waals surface area contributed by atoms with Crippen LogP contribution in [-0.2, 0) is 17.8 Å². The molecule has 0 unspecified atom stereocenters. The molecule has 2 aromatic carbocycles. The minimum atomic E-state index is -0.493. The molecule has 5 rings (SSSR count). The van der Waals surface area contributed by atoms with E-state index in [1.165, 1.54) is 36.1 Å². The van der Waals surface area contributed by atoms with Crippen LogP contribution in [0.5, 0.6) is 5.75 Å². The molecule has 7 nitrogen and oxygen atoms in total. The molecule has 1 fully saturated rings. The minimum absolute atomic E-state index is 0.00333. The molecule has 2 aromatic heterocycles. The molecule has 1 saturated heterocycles. The molecule has 0 saturated carbocycles. The zero-order valence-electron chi connectivity index (χ0n) is 21.2. The van der Waals surface area contributed by atoms with Crippen LogP contribution >= 0.6 is 0 Å². The van der Waals surface area contributed by atoms with Gasteiger partial charge in [0.05, 0.1) is 7.11 Å². The Balaban J connectivity index is 1.30. The SMILES string of the molecule is COc1cc(-c2nc(-c3ccc(F)cc3)n(CC(=O)N3CCC(CCc4ccccn4)CC3)n2)ccc1F. The van der Waals surface area contributed by atoms with Gasteiger partial charge in [0.1, 0.15) is 12.4 Å². The summed E-state index contributed by atoms with van der Waals surface area (Å²) in [6.45, 7) is 1.37. The molecular weight excluding hydrogens is 488 g/mol. The summed E-state index contributed by atoms with van der Waals surface area (Å²) >= 11 is 0. The number of carbonyl (C=O) groups excluding carboxylic acids is 1. The molecule has 9 heteroatoms. The smallest absolute Gasteiger partial charge is 0.244 e. The third-order valence-electron chi connectivity index (χ3n) is 6.97. The number of hydrogen-bond donors (Lipinski definition) is 0. The Morgan fingerprint density at radius 3 is 2.50 bits per heavy atom. The highest BCUT2D eigenvalue weighted by atomic mass is 19.1. The maximum Gasteiger partial charge on any atom is 0.244 e. The number of halogens is 2. The molecule has 1 aliphatic heterocycles. The molecular formula is C29H29F2N5O2. The van der Waals surface area contributed by atoms with E-state index in [-0.39, 0.29) is 24.0 Å². The van der Waals surface area contributed by atoms with Crippen LogP contribution in [0, 0.1) is 17.6 Å². The minimum Gasteiger partial charge on any atom is -0.494 e. The van der Waals surface area contributed by atoms with Gasteiger partial charge in [-0.25, -0.2) is 18.4 Å². The van der Waals surface area contributed by atoms with E-state index >= 15 is 0 Å². The van der Waals surface area contributed by atoms with Crippen LogP contribution in [0.1, 0.15) is 25.0 Å². The van der Waals surface area contributed by atoms with Gasteiger partial charge in [-0.2, -0.15) is 0 Å². The van der Waals surface area contributed by atoms with Gasteiger partial charge in [-0.3, -0.25) is 9.78 Å². The monoisotopic (exact) mass is 517 g/mol. The molecule has 0 spiro atoms.